The van der Waals surface area contributed by atoms with Crippen LogP contribution in [0.4, 0.5) is 0 Å². The van der Waals surface area contributed by atoms with Gasteiger partial charge in [0.25, 0.3) is 0 Å². The molecule has 0 spiro atoms. The average molecular weight is 287 g/mol. The van der Waals surface area contributed by atoms with Crippen molar-refractivity contribution >= 4 is 17.4 Å². The van der Waals surface area contributed by atoms with E-state index >= 15 is 0 Å². The number of ether oxygens (including phenoxy) is 2. The molecule has 5 nitrogen and oxygen atoms in total. The molecule has 2 rings (SSSR count). The number of methoxy groups -OCH3 is 1. The number of hydrogen-bond donors (Lipinski definition) is 0. The second kappa shape index (κ2) is 6.03. The molecule has 1 fully saturated rings. The highest BCUT2D eigenvalue weighted by Crippen LogP contribution is 2.30. The van der Waals surface area contributed by atoms with Crippen molar-refractivity contribution < 1.29 is 14.3 Å². The number of rotatable bonds is 5. The van der Waals surface area contributed by atoms with E-state index in [9.17, 15) is 4.79 Å². The van der Waals surface area contributed by atoms with Crippen LogP contribution < -0.4 is 0 Å². The summed E-state index contributed by atoms with van der Waals surface area (Å²) >= 11 is 6.10. The maximum Gasteiger partial charge on any atom is 0.213 e. The Morgan fingerprint density at radius 1 is 1.63 bits per heavy atom. The smallest absolute Gasteiger partial charge is 0.213 e. The molecule has 19 heavy (non-hydrogen) atoms. The standard InChI is InChI=1S/C13H19ClN2O3/c1-13(5-3-4-7-19-13)12(17)11-10(14)9-15-16(11)6-8-18-2/h9H,3-8H2,1-2H3. The Hall–Kier alpha value is -0.910. The fourth-order valence-corrected chi connectivity index (χ4v) is 2.53. The average Bonchev–Trinajstić information content (AvgIpc) is 2.77. The molecular formula is C13H19ClN2O3. The molecule has 106 valence electrons. The molecular weight excluding hydrogens is 268 g/mol. The number of Topliss-reactive ketones (excluding diaryl/α,β-unsaturated/α-hetero) is 1. The summed E-state index contributed by atoms with van der Waals surface area (Å²) in [6, 6.07) is 0. The van der Waals surface area contributed by atoms with E-state index in [0.29, 0.717) is 30.5 Å². The van der Waals surface area contributed by atoms with Crippen LogP contribution in [0.2, 0.25) is 5.02 Å². The van der Waals surface area contributed by atoms with Crippen LogP contribution in [0, 0.1) is 0 Å². The van der Waals surface area contributed by atoms with Crippen LogP contribution in [-0.4, -0.2) is 41.5 Å². The number of carbonyl (C=O) groups excluding carboxylic acids is 1. The minimum absolute atomic E-state index is 0.0918. The first-order valence-electron chi connectivity index (χ1n) is 6.47. The predicted octanol–water partition coefficient (Wildman–Crippen LogP) is 2.32. The molecule has 2 heterocycles. The minimum atomic E-state index is -0.785. The van der Waals surface area contributed by atoms with Crippen LogP contribution >= 0.6 is 11.6 Å². The van der Waals surface area contributed by atoms with Crippen LogP contribution in [0.1, 0.15) is 36.7 Å². The number of ketones is 1. The first kappa shape index (κ1) is 14.5. The quantitative estimate of drug-likeness (QED) is 0.780. The summed E-state index contributed by atoms with van der Waals surface area (Å²) in [5.74, 6) is -0.0918. The van der Waals surface area contributed by atoms with Gasteiger partial charge in [-0.15, -0.1) is 0 Å². The van der Waals surface area contributed by atoms with Gasteiger partial charge in [0.15, 0.2) is 0 Å². The molecule has 0 N–H and O–H groups in total. The molecule has 0 radical (unpaired) electrons. The van der Waals surface area contributed by atoms with Gasteiger partial charge < -0.3 is 9.47 Å². The van der Waals surface area contributed by atoms with Crippen molar-refractivity contribution in [3.05, 3.63) is 16.9 Å². The highest BCUT2D eigenvalue weighted by molar-refractivity contribution is 6.34. The van der Waals surface area contributed by atoms with E-state index in [0.717, 1.165) is 19.3 Å². The lowest BCUT2D eigenvalue weighted by Crippen LogP contribution is -2.42. The number of hydrogen-bond acceptors (Lipinski definition) is 4. The maximum atomic E-state index is 12.7. The van der Waals surface area contributed by atoms with Gasteiger partial charge in [0.1, 0.15) is 11.3 Å². The van der Waals surface area contributed by atoms with Gasteiger partial charge in [-0.1, -0.05) is 11.6 Å². The lowest BCUT2D eigenvalue weighted by Gasteiger charge is -2.32. The Labute approximate surface area is 117 Å². The Morgan fingerprint density at radius 3 is 3.05 bits per heavy atom. The van der Waals surface area contributed by atoms with E-state index < -0.39 is 5.60 Å². The maximum absolute atomic E-state index is 12.7. The van der Waals surface area contributed by atoms with Gasteiger partial charge in [-0.2, -0.15) is 5.10 Å². The monoisotopic (exact) mass is 286 g/mol. The third-order valence-corrected chi connectivity index (χ3v) is 3.74. The first-order valence-corrected chi connectivity index (χ1v) is 6.85. The lowest BCUT2D eigenvalue weighted by molar-refractivity contribution is -0.0432. The van der Waals surface area contributed by atoms with Crippen molar-refractivity contribution in [2.24, 2.45) is 0 Å². The summed E-state index contributed by atoms with van der Waals surface area (Å²) < 4.78 is 12.3. The van der Waals surface area contributed by atoms with Crippen molar-refractivity contribution in [1.29, 1.82) is 0 Å². The molecule has 1 atom stereocenters. The molecule has 1 aliphatic heterocycles. The first-order chi connectivity index (χ1) is 9.08. The van der Waals surface area contributed by atoms with Crippen LogP contribution in [0.15, 0.2) is 6.20 Å². The van der Waals surface area contributed by atoms with E-state index in [4.69, 9.17) is 21.1 Å². The molecule has 0 amide bonds. The fourth-order valence-electron chi connectivity index (χ4n) is 2.30. The zero-order chi connectivity index (χ0) is 13.9. The Balaban J connectivity index is 2.24. The molecule has 1 aromatic heterocycles. The van der Waals surface area contributed by atoms with E-state index in [1.165, 1.54) is 6.20 Å². The summed E-state index contributed by atoms with van der Waals surface area (Å²) in [6.07, 6.45) is 4.21. The van der Waals surface area contributed by atoms with Crippen molar-refractivity contribution in [3.63, 3.8) is 0 Å². The number of carbonyl (C=O) groups is 1. The summed E-state index contributed by atoms with van der Waals surface area (Å²) in [4.78, 5) is 12.7. The van der Waals surface area contributed by atoms with Gasteiger partial charge in [0, 0.05) is 13.7 Å². The number of halogens is 1. The molecule has 0 bridgehead atoms. The zero-order valence-corrected chi connectivity index (χ0v) is 12.1. The van der Waals surface area contributed by atoms with Gasteiger partial charge in [0.05, 0.1) is 24.4 Å². The van der Waals surface area contributed by atoms with Crippen molar-refractivity contribution in [3.8, 4) is 0 Å². The van der Waals surface area contributed by atoms with Crippen LogP contribution in [0.5, 0.6) is 0 Å². The van der Waals surface area contributed by atoms with E-state index in [2.05, 4.69) is 5.10 Å². The molecule has 0 saturated carbocycles. The third-order valence-electron chi connectivity index (χ3n) is 3.47. The van der Waals surface area contributed by atoms with Crippen LogP contribution in [0.3, 0.4) is 0 Å². The molecule has 0 aromatic carbocycles. The van der Waals surface area contributed by atoms with Gasteiger partial charge in [-0.25, -0.2) is 0 Å². The molecule has 1 unspecified atom stereocenters. The summed E-state index contributed by atoms with van der Waals surface area (Å²) in [7, 11) is 1.61. The van der Waals surface area contributed by atoms with E-state index in [1.54, 1.807) is 11.8 Å². The van der Waals surface area contributed by atoms with E-state index in [-0.39, 0.29) is 5.78 Å². The zero-order valence-electron chi connectivity index (χ0n) is 11.3. The largest absolute Gasteiger partial charge is 0.383 e. The minimum Gasteiger partial charge on any atom is -0.383 e. The lowest BCUT2D eigenvalue weighted by atomic mass is 9.90. The van der Waals surface area contributed by atoms with Gasteiger partial charge >= 0.3 is 0 Å². The summed E-state index contributed by atoms with van der Waals surface area (Å²) in [5.41, 5.74) is -0.365. The molecule has 1 aliphatic rings. The molecule has 6 heteroatoms. The normalized spacial score (nSPS) is 23.5. The molecule has 1 saturated heterocycles. The van der Waals surface area contributed by atoms with Crippen molar-refractivity contribution in [2.75, 3.05) is 20.3 Å². The SMILES string of the molecule is COCCn1ncc(Cl)c1C(=O)C1(C)CCCCO1. The third kappa shape index (κ3) is 2.99. The summed E-state index contributed by atoms with van der Waals surface area (Å²) in [5, 5.41) is 4.50. The Bertz CT molecular complexity index is 453. The van der Waals surface area contributed by atoms with Crippen LogP contribution in [-0.2, 0) is 16.0 Å². The second-order valence-corrected chi connectivity index (χ2v) is 5.33. The highest BCUT2D eigenvalue weighted by Gasteiger charge is 2.39. The predicted molar refractivity (Wildman–Crippen MR) is 71.7 cm³/mol. The topological polar surface area (TPSA) is 53.4 Å². The van der Waals surface area contributed by atoms with Crippen molar-refractivity contribution in [1.82, 2.24) is 9.78 Å². The van der Waals surface area contributed by atoms with E-state index in [1.807, 2.05) is 6.92 Å². The number of nitrogens with zero attached hydrogens (tertiary/aromatic N) is 2. The number of aromatic nitrogens is 2. The summed E-state index contributed by atoms with van der Waals surface area (Å²) in [6.45, 7) is 3.43. The van der Waals surface area contributed by atoms with Gasteiger partial charge in [0.2, 0.25) is 5.78 Å². The second-order valence-electron chi connectivity index (χ2n) is 4.92. The molecule has 1 aromatic rings. The van der Waals surface area contributed by atoms with Crippen LogP contribution in [0.25, 0.3) is 0 Å². The van der Waals surface area contributed by atoms with Crippen molar-refractivity contribution in [2.45, 2.75) is 38.3 Å². The Kier molecular flexibility index (Phi) is 4.60. The van der Waals surface area contributed by atoms with Gasteiger partial charge in [-0.3, -0.25) is 9.48 Å². The Morgan fingerprint density at radius 2 is 2.42 bits per heavy atom. The molecule has 0 aliphatic carbocycles. The van der Waals surface area contributed by atoms with Gasteiger partial charge in [-0.05, 0) is 26.2 Å². The highest BCUT2D eigenvalue weighted by atomic mass is 35.5. The fraction of sp³-hybridized carbons (Fsp3) is 0.692.